The Kier molecular flexibility index (Phi) is 5.71. The molecule has 0 rings (SSSR count). The lowest BCUT2D eigenvalue weighted by atomic mass is 10.0. The summed E-state index contributed by atoms with van der Waals surface area (Å²) in [5, 5.41) is 2.95. The molecule has 2 unspecified atom stereocenters. The normalized spacial score (nSPS) is 15.5. The Labute approximate surface area is 81.1 Å². The maximum absolute atomic E-state index is 11.4. The lowest BCUT2D eigenvalue weighted by Gasteiger charge is -2.18. The Morgan fingerprint density at radius 2 is 1.85 bits per heavy atom. The Balaban J connectivity index is 3.74. The highest BCUT2D eigenvalue weighted by atomic mass is 16.1. The molecule has 0 aromatic rings. The summed E-state index contributed by atoms with van der Waals surface area (Å²) in [6.45, 7) is 8.77. The van der Waals surface area contributed by atoms with Crippen molar-refractivity contribution in [3.8, 4) is 0 Å². The van der Waals surface area contributed by atoms with E-state index in [4.69, 9.17) is 5.73 Å². The summed E-state index contributed by atoms with van der Waals surface area (Å²) in [5.41, 5.74) is 5.43. The van der Waals surface area contributed by atoms with E-state index in [-0.39, 0.29) is 17.9 Å². The second kappa shape index (κ2) is 5.97. The van der Waals surface area contributed by atoms with E-state index in [1.807, 2.05) is 13.8 Å². The van der Waals surface area contributed by atoms with Crippen molar-refractivity contribution >= 4 is 5.91 Å². The first kappa shape index (κ1) is 12.4. The SMILES string of the molecule is CC(CN)CC(=O)NC(C)C(C)C. The molecule has 0 aliphatic carbocycles. The van der Waals surface area contributed by atoms with E-state index in [2.05, 4.69) is 19.2 Å². The van der Waals surface area contributed by atoms with Crippen LogP contribution in [0.4, 0.5) is 0 Å². The molecule has 3 N–H and O–H groups in total. The van der Waals surface area contributed by atoms with Crippen LogP contribution in [-0.2, 0) is 4.79 Å². The maximum atomic E-state index is 11.4. The van der Waals surface area contributed by atoms with Gasteiger partial charge in [0, 0.05) is 12.5 Å². The minimum atomic E-state index is 0.110. The van der Waals surface area contributed by atoms with Gasteiger partial charge in [-0.05, 0) is 25.3 Å². The van der Waals surface area contributed by atoms with Crippen LogP contribution in [0.3, 0.4) is 0 Å². The highest BCUT2D eigenvalue weighted by molar-refractivity contribution is 5.76. The first-order valence-corrected chi connectivity index (χ1v) is 4.96. The van der Waals surface area contributed by atoms with Crippen molar-refractivity contribution in [1.82, 2.24) is 5.32 Å². The van der Waals surface area contributed by atoms with Crippen molar-refractivity contribution in [3.05, 3.63) is 0 Å². The van der Waals surface area contributed by atoms with Gasteiger partial charge in [-0.3, -0.25) is 4.79 Å². The van der Waals surface area contributed by atoms with Gasteiger partial charge in [0.15, 0.2) is 0 Å². The molecule has 0 aliphatic heterocycles. The van der Waals surface area contributed by atoms with Gasteiger partial charge in [-0.1, -0.05) is 20.8 Å². The van der Waals surface area contributed by atoms with Crippen LogP contribution in [-0.4, -0.2) is 18.5 Å². The van der Waals surface area contributed by atoms with Gasteiger partial charge in [0.05, 0.1) is 0 Å². The van der Waals surface area contributed by atoms with Gasteiger partial charge in [-0.25, -0.2) is 0 Å². The standard InChI is InChI=1S/C10H22N2O/c1-7(2)9(4)12-10(13)5-8(3)6-11/h7-9H,5-6,11H2,1-4H3,(H,12,13). The zero-order valence-electron chi connectivity index (χ0n) is 9.13. The van der Waals surface area contributed by atoms with E-state index in [1.165, 1.54) is 0 Å². The number of carbonyl (C=O) groups excluding carboxylic acids is 1. The number of hydrogen-bond acceptors (Lipinski definition) is 2. The van der Waals surface area contributed by atoms with Crippen LogP contribution < -0.4 is 11.1 Å². The first-order chi connectivity index (χ1) is 5.97. The Morgan fingerprint density at radius 3 is 2.23 bits per heavy atom. The molecule has 78 valence electrons. The summed E-state index contributed by atoms with van der Waals surface area (Å²) in [4.78, 5) is 11.4. The van der Waals surface area contributed by atoms with Gasteiger partial charge >= 0.3 is 0 Å². The highest BCUT2D eigenvalue weighted by Gasteiger charge is 2.12. The van der Waals surface area contributed by atoms with Gasteiger partial charge in [0.2, 0.25) is 5.91 Å². The Bertz CT molecular complexity index is 157. The third-order valence-corrected chi connectivity index (χ3v) is 2.32. The predicted molar refractivity (Wildman–Crippen MR) is 55.3 cm³/mol. The molecule has 0 fully saturated rings. The van der Waals surface area contributed by atoms with Crippen molar-refractivity contribution in [3.63, 3.8) is 0 Å². The van der Waals surface area contributed by atoms with Crippen molar-refractivity contribution in [2.75, 3.05) is 6.54 Å². The van der Waals surface area contributed by atoms with Crippen molar-refractivity contribution < 1.29 is 4.79 Å². The summed E-state index contributed by atoms with van der Waals surface area (Å²) >= 11 is 0. The summed E-state index contributed by atoms with van der Waals surface area (Å²) in [6, 6.07) is 0.248. The zero-order valence-corrected chi connectivity index (χ0v) is 9.13. The second-order valence-electron chi connectivity index (χ2n) is 4.15. The molecule has 0 radical (unpaired) electrons. The molecule has 2 atom stereocenters. The Hall–Kier alpha value is -0.570. The molecule has 3 heteroatoms. The molecule has 3 nitrogen and oxygen atoms in total. The number of nitrogens with one attached hydrogen (secondary N) is 1. The van der Waals surface area contributed by atoms with Crippen LogP contribution in [0.25, 0.3) is 0 Å². The summed E-state index contributed by atoms with van der Waals surface area (Å²) < 4.78 is 0. The molecular weight excluding hydrogens is 164 g/mol. The zero-order chi connectivity index (χ0) is 10.4. The molecule has 0 aromatic heterocycles. The molecule has 0 heterocycles. The number of hydrogen-bond donors (Lipinski definition) is 2. The quantitative estimate of drug-likeness (QED) is 0.676. The maximum Gasteiger partial charge on any atom is 0.220 e. The minimum absolute atomic E-state index is 0.110. The fraction of sp³-hybridized carbons (Fsp3) is 0.900. The molecule has 0 bridgehead atoms. The van der Waals surface area contributed by atoms with Gasteiger partial charge in [0.1, 0.15) is 0 Å². The predicted octanol–water partition coefficient (Wildman–Crippen LogP) is 1.13. The van der Waals surface area contributed by atoms with Gasteiger partial charge in [-0.2, -0.15) is 0 Å². The van der Waals surface area contributed by atoms with Crippen molar-refractivity contribution in [2.24, 2.45) is 17.6 Å². The summed E-state index contributed by atoms with van der Waals surface area (Å²) in [5.74, 6) is 0.871. The van der Waals surface area contributed by atoms with Gasteiger partial charge in [-0.15, -0.1) is 0 Å². The Morgan fingerprint density at radius 1 is 1.31 bits per heavy atom. The van der Waals surface area contributed by atoms with E-state index in [1.54, 1.807) is 0 Å². The average molecular weight is 186 g/mol. The summed E-state index contributed by atoms with van der Waals surface area (Å²) in [6.07, 6.45) is 0.535. The van der Waals surface area contributed by atoms with Crippen LogP contribution in [0.5, 0.6) is 0 Å². The second-order valence-corrected chi connectivity index (χ2v) is 4.15. The monoisotopic (exact) mass is 186 g/mol. The molecule has 13 heavy (non-hydrogen) atoms. The molecule has 0 aromatic carbocycles. The number of rotatable bonds is 5. The topological polar surface area (TPSA) is 55.1 Å². The van der Waals surface area contributed by atoms with Crippen LogP contribution in [0.2, 0.25) is 0 Å². The molecule has 1 amide bonds. The van der Waals surface area contributed by atoms with Crippen molar-refractivity contribution in [2.45, 2.75) is 40.2 Å². The third-order valence-electron chi connectivity index (χ3n) is 2.32. The lowest BCUT2D eigenvalue weighted by molar-refractivity contribution is -0.122. The molecule has 0 saturated heterocycles. The van der Waals surface area contributed by atoms with E-state index in [0.717, 1.165) is 0 Å². The van der Waals surface area contributed by atoms with E-state index in [0.29, 0.717) is 18.9 Å². The lowest BCUT2D eigenvalue weighted by Crippen LogP contribution is -2.37. The van der Waals surface area contributed by atoms with Crippen LogP contribution in [0.15, 0.2) is 0 Å². The highest BCUT2D eigenvalue weighted by Crippen LogP contribution is 2.03. The van der Waals surface area contributed by atoms with E-state index >= 15 is 0 Å². The van der Waals surface area contributed by atoms with Crippen LogP contribution in [0.1, 0.15) is 34.1 Å². The molecule has 0 aliphatic rings. The van der Waals surface area contributed by atoms with Crippen LogP contribution >= 0.6 is 0 Å². The van der Waals surface area contributed by atoms with E-state index < -0.39 is 0 Å². The smallest absolute Gasteiger partial charge is 0.220 e. The minimum Gasteiger partial charge on any atom is -0.353 e. The molecule has 0 spiro atoms. The third kappa shape index (κ3) is 5.64. The molecule has 0 saturated carbocycles. The average Bonchev–Trinajstić information content (AvgIpc) is 2.03. The largest absolute Gasteiger partial charge is 0.353 e. The number of nitrogens with two attached hydrogens (primary N) is 1. The van der Waals surface area contributed by atoms with Gasteiger partial charge < -0.3 is 11.1 Å². The fourth-order valence-electron chi connectivity index (χ4n) is 0.879. The van der Waals surface area contributed by atoms with Gasteiger partial charge in [0.25, 0.3) is 0 Å². The fourth-order valence-corrected chi connectivity index (χ4v) is 0.879. The summed E-state index contributed by atoms with van der Waals surface area (Å²) in [7, 11) is 0. The number of carbonyl (C=O) groups is 1. The number of amides is 1. The van der Waals surface area contributed by atoms with Crippen LogP contribution in [0, 0.1) is 11.8 Å². The molecular formula is C10H22N2O. The first-order valence-electron chi connectivity index (χ1n) is 4.96. The van der Waals surface area contributed by atoms with E-state index in [9.17, 15) is 4.79 Å². The van der Waals surface area contributed by atoms with Crippen molar-refractivity contribution in [1.29, 1.82) is 0 Å².